The average molecular weight is 196 g/mol. The first-order valence-corrected chi connectivity index (χ1v) is 4.68. The Hall–Kier alpha value is -1.36. The summed E-state index contributed by atoms with van der Waals surface area (Å²) in [5.74, 6) is 0.0228. The first kappa shape index (κ1) is 10.7. The molecular formula is C9H16N4O. The molecular weight excluding hydrogens is 180 g/mol. The molecule has 14 heavy (non-hydrogen) atoms. The van der Waals surface area contributed by atoms with Gasteiger partial charge in [-0.25, -0.2) is 0 Å². The second-order valence-corrected chi connectivity index (χ2v) is 3.00. The molecule has 0 saturated heterocycles. The molecule has 1 aromatic heterocycles. The van der Waals surface area contributed by atoms with Crippen LogP contribution in [0.5, 0.6) is 0 Å². The van der Waals surface area contributed by atoms with Crippen LogP contribution in [0, 0.1) is 0 Å². The van der Waals surface area contributed by atoms with Crippen molar-refractivity contribution in [1.29, 1.82) is 0 Å². The van der Waals surface area contributed by atoms with Gasteiger partial charge in [0, 0.05) is 26.3 Å². The van der Waals surface area contributed by atoms with Crippen molar-refractivity contribution in [3.05, 3.63) is 18.0 Å². The van der Waals surface area contributed by atoms with Crippen LogP contribution >= 0.6 is 0 Å². The Bertz CT molecular complexity index is 295. The van der Waals surface area contributed by atoms with E-state index in [1.807, 2.05) is 20.0 Å². The van der Waals surface area contributed by atoms with E-state index < -0.39 is 0 Å². The molecule has 1 rings (SSSR count). The van der Waals surface area contributed by atoms with Gasteiger partial charge in [0.1, 0.15) is 0 Å². The molecule has 0 aromatic carbocycles. The highest BCUT2D eigenvalue weighted by Crippen LogP contribution is 1.93. The molecule has 0 fully saturated rings. The molecule has 0 unspecified atom stereocenters. The first-order chi connectivity index (χ1) is 6.74. The monoisotopic (exact) mass is 196 g/mol. The minimum atomic E-state index is 0.0228. The van der Waals surface area contributed by atoms with Gasteiger partial charge in [-0.15, -0.1) is 0 Å². The van der Waals surface area contributed by atoms with Crippen LogP contribution in [0.3, 0.4) is 0 Å². The Morgan fingerprint density at radius 2 is 2.43 bits per heavy atom. The van der Waals surface area contributed by atoms with Crippen molar-refractivity contribution in [2.75, 3.05) is 13.1 Å². The number of rotatable bonds is 5. The van der Waals surface area contributed by atoms with E-state index in [9.17, 15) is 4.79 Å². The molecule has 0 radical (unpaired) electrons. The van der Waals surface area contributed by atoms with Gasteiger partial charge in [0.2, 0.25) is 5.91 Å². The molecule has 0 aliphatic carbocycles. The highest BCUT2D eigenvalue weighted by atomic mass is 16.1. The van der Waals surface area contributed by atoms with Gasteiger partial charge in [0.15, 0.2) is 0 Å². The van der Waals surface area contributed by atoms with E-state index in [0.717, 1.165) is 5.69 Å². The Balaban J connectivity index is 2.22. The van der Waals surface area contributed by atoms with E-state index >= 15 is 0 Å². The normalized spacial score (nSPS) is 10.1. The maximum absolute atomic E-state index is 11.1. The lowest BCUT2D eigenvalue weighted by molar-refractivity contribution is -0.120. The summed E-state index contributed by atoms with van der Waals surface area (Å²) in [5.41, 5.74) is 1.06. The predicted octanol–water partition coefficient (Wildman–Crippen LogP) is -0.354. The fraction of sp³-hybridized carbons (Fsp3) is 0.556. The van der Waals surface area contributed by atoms with Crippen molar-refractivity contribution in [3.63, 3.8) is 0 Å². The van der Waals surface area contributed by atoms with Crippen molar-refractivity contribution in [2.24, 2.45) is 7.05 Å². The summed E-state index contributed by atoms with van der Waals surface area (Å²) in [4.78, 5) is 11.1. The van der Waals surface area contributed by atoms with Crippen LogP contribution in [0.1, 0.15) is 12.6 Å². The van der Waals surface area contributed by atoms with E-state index in [1.54, 1.807) is 10.9 Å². The van der Waals surface area contributed by atoms with Crippen LogP contribution in [-0.2, 0) is 18.4 Å². The van der Waals surface area contributed by atoms with Gasteiger partial charge in [-0.3, -0.25) is 9.48 Å². The molecule has 0 saturated carbocycles. The topological polar surface area (TPSA) is 59.0 Å². The SMILES string of the molecule is CCNC(=O)CNCc1ccnn1C. The smallest absolute Gasteiger partial charge is 0.233 e. The first-order valence-electron chi connectivity index (χ1n) is 4.68. The maximum Gasteiger partial charge on any atom is 0.233 e. The molecule has 1 amide bonds. The molecule has 2 N–H and O–H groups in total. The number of carbonyl (C=O) groups is 1. The lowest BCUT2D eigenvalue weighted by Crippen LogP contribution is -2.33. The highest BCUT2D eigenvalue weighted by Gasteiger charge is 2.00. The standard InChI is InChI=1S/C9H16N4O/c1-3-11-9(14)7-10-6-8-4-5-12-13(8)2/h4-5,10H,3,6-7H2,1-2H3,(H,11,14). The van der Waals surface area contributed by atoms with Crippen molar-refractivity contribution in [3.8, 4) is 0 Å². The molecule has 0 atom stereocenters. The zero-order valence-electron chi connectivity index (χ0n) is 8.58. The molecule has 1 heterocycles. The Kier molecular flexibility index (Phi) is 4.12. The largest absolute Gasteiger partial charge is 0.355 e. The summed E-state index contributed by atoms with van der Waals surface area (Å²) < 4.78 is 1.78. The fourth-order valence-corrected chi connectivity index (χ4v) is 1.14. The summed E-state index contributed by atoms with van der Waals surface area (Å²) in [7, 11) is 1.88. The third-order valence-corrected chi connectivity index (χ3v) is 1.89. The van der Waals surface area contributed by atoms with Gasteiger partial charge in [0.05, 0.1) is 12.2 Å². The molecule has 0 aliphatic heterocycles. The number of aryl methyl sites for hydroxylation is 1. The van der Waals surface area contributed by atoms with Crippen LogP contribution in [0.25, 0.3) is 0 Å². The lowest BCUT2D eigenvalue weighted by atomic mass is 10.4. The second-order valence-electron chi connectivity index (χ2n) is 3.00. The van der Waals surface area contributed by atoms with Crippen LogP contribution in [0.15, 0.2) is 12.3 Å². The van der Waals surface area contributed by atoms with Gasteiger partial charge < -0.3 is 10.6 Å². The number of aromatic nitrogens is 2. The Morgan fingerprint density at radius 3 is 3.00 bits per heavy atom. The van der Waals surface area contributed by atoms with Crippen molar-refractivity contribution < 1.29 is 4.79 Å². The molecule has 0 spiro atoms. The van der Waals surface area contributed by atoms with Gasteiger partial charge in [-0.2, -0.15) is 5.10 Å². The third kappa shape index (κ3) is 3.18. The summed E-state index contributed by atoms with van der Waals surface area (Å²) >= 11 is 0. The van der Waals surface area contributed by atoms with E-state index in [1.165, 1.54) is 0 Å². The van der Waals surface area contributed by atoms with Gasteiger partial charge in [-0.1, -0.05) is 0 Å². The van der Waals surface area contributed by atoms with Crippen LogP contribution in [0.4, 0.5) is 0 Å². The zero-order chi connectivity index (χ0) is 10.4. The zero-order valence-corrected chi connectivity index (χ0v) is 8.58. The lowest BCUT2D eigenvalue weighted by Gasteiger charge is -2.04. The van der Waals surface area contributed by atoms with Gasteiger partial charge in [0.25, 0.3) is 0 Å². The summed E-state index contributed by atoms with van der Waals surface area (Å²) in [6.07, 6.45) is 1.74. The minimum absolute atomic E-state index is 0.0228. The summed E-state index contributed by atoms with van der Waals surface area (Å²) in [6, 6.07) is 1.92. The number of hydrogen-bond donors (Lipinski definition) is 2. The van der Waals surface area contributed by atoms with E-state index in [4.69, 9.17) is 0 Å². The second kappa shape index (κ2) is 5.39. The number of likely N-dealkylation sites (N-methyl/N-ethyl adjacent to an activating group) is 1. The fourth-order valence-electron chi connectivity index (χ4n) is 1.14. The van der Waals surface area contributed by atoms with Crippen molar-refractivity contribution >= 4 is 5.91 Å². The van der Waals surface area contributed by atoms with E-state index in [2.05, 4.69) is 15.7 Å². The molecule has 0 bridgehead atoms. The van der Waals surface area contributed by atoms with Gasteiger partial charge >= 0.3 is 0 Å². The molecule has 5 heteroatoms. The van der Waals surface area contributed by atoms with Crippen LogP contribution in [-0.4, -0.2) is 28.8 Å². The number of nitrogens with zero attached hydrogens (tertiary/aromatic N) is 2. The number of carbonyl (C=O) groups excluding carboxylic acids is 1. The third-order valence-electron chi connectivity index (χ3n) is 1.89. The van der Waals surface area contributed by atoms with Crippen LogP contribution in [0.2, 0.25) is 0 Å². The van der Waals surface area contributed by atoms with E-state index in [0.29, 0.717) is 19.6 Å². The molecule has 1 aromatic rings. The van der Waals surface area contributed by atoms with Crippen molar-refractivity contribution in [2.45, 2.75) is 13.5 Å². The van der Waals surface area contributed by atoms with Crippen molar-refractivity contribution in [1.82, 2.24) is 20.4 Å². The van der Waals surface area contributed by atoms with Gasteiger partial charge in [-0.05, 0) is 13.0 Å². The maximum atomic E-state index is 11.1. The number of hydrogen-bond acceptors (Lipinski definition) is 3. The molecule has 78 valence electrons. The molecule has 5 nitrogen and oxygen atoms in total. The quantitative estimate of drug-likeness (QED) is 0.676. The Morgan fingerprint density at radius 1 is 1.64 bits per heavy atom. The summed E-state index contributed by atoms with van der Waals surface area (Å²) in [5, 5.41) is 9.78. The van der Waals surface area contributed by atoms with Crippen LogP contribution < -0.4 is 10.6 Å². The minimum Gasteiger partial charge on any atom is -0.355 e. The molecule has 0 aliphatic rings. The number of nitrogens with one attached hydrogen (secondary N) is 2. The average Bonchev–Trinajstić information content (AvgIpc) is 2.52. The highest BCUT2D eigenvalue weighted by molar-refractivity contribution is 5.77. The Labute approximate surface area is 83.5 Å². The number of amides is 1. The predicted molar refractivity (Wildman–Crippen MR) is 53.6 cm³/mol. The van der Waals surface area contributed by atoms with E-state index in [-0.39, 0.29) is 5.91 Å². The summed E-state index contributed by atoms with van der Waals surface area (Å²) in [6.45, 7) is 3.58.